The van der Waals surface area contributed by atoms with Gasteiger partial charge in [-0.2, -0.15) is 0 Å². The van der Waals surface area contributed by atoms with Gasteiger partial charge in [-0.25, -0.2) is 0 Å². The normalized spacial score (nSPS) is 22.8. The van der Waals surface area contributed by atoms with Crippen LogP contribution in [0.1, 0.15) is 45.2 Å². The van der Waals surface area contributed by atoms with Crippen LogP contribution in [0, 0.1) is 25.7 Å². The summed E-state index contributed by atoms with van der Waals surface area (Å²) in [7, 11) is 0. The highest BCUT2D eigenvalue weighted by Crippen LogP contribution is 2.60. The molecule has 186 valence electrons. The van der Waals surface area contributed by atoms with Gasteiger partial charge in [0.25, 0.3) is 5.91 Å². The van der Waals surface area contributed by atoms with E-state index in [-0.39, 0.29) is 23.7 Å². The highest BCUT2D eigenvalue weighted by molar-refractivity contribution is 6.09. The molecule has 0 radical (unpaired) electrons. The minimum Gasteiger partial charge on any atom is -0.454 e. The number of para-hydroxylation sites is 1. The highest BCUT2D eigenvalue weighted by Gasteiger charge is 2.61. The third-order valence-corrected chi connectivity index (χ3v) is 7.94. The van der Waals surface area contributed by atoms with Crippen LogP contribution in [0.15, 0.2) is 66.7 Å². The molecule has 0 unspecified atom stereocenters. The van der Waals surface area contributed by atoms with Crippen molar-refractivity contribution in [3.63, 3.8) is 0 Å². The molecule has 7 rings (SSSR count). The molecule has 1 saturated heterocycles. The number of carbonyl (C=O) groups is 4. The Labute approximate surface area is 214 Å². The Balaban J connectivity index is 1.19. The van der Waals surface area contributed by atoms with Crippen LogP contribution in [0.25, 0.3) is 0 Å². The first kappa shape index (κ1) is 23.2. The molecular weight excluding hydrogens is 468 g/mol. The van der Waals surface area contributed by atoms with Crippen molar-refractivity contribution < 1.29 is 23.9 Å². The van der Waals surface area contributed by atoms with Crippen molar-refractivity contribution in [1.29, 1.82) is 0 Å². The van der Waals surface area contributed by atoms with E-state index >= 15 is 0 Å². The van der Waals surface area contributed by atoms with Crippen molar-refractivity contribution in [3.05, 3.63) is 100 Å². The monoisotopic (exact) mass is 494 g/mol. The number of carbonyl (C=O) groups excluding carboxylic acids is 4. The number of benzene rings is 3. The lowest BCUT2D eigenvalue weighted by Crippen LogP contribution is -2.41. The number of hydrogen-bond donors (Lipinski definition) is 1. The van der Waals surface area contributed by atoms with Gasteiger partial charge in [0.15, 0.2) is 6.61 Å². The van der Waals surface area contributed by atoms with Gasteiger partial charge in [-0.1, -0.05) is 66.7 Å². The smallest absolute Gasteiger partial charge is 0.326 e. The minimum absolute atomic E-state index is 0.233. The number of ether oxygens (including phenoxy) is 1. The summed E-state index contributed by atoms with van der Waals surface area (Å²) in [5, 5.41) is 2.76. The zero-order valence-electron chi connectivity index (χ0n) is 20.6. The van der Waals surface area contributed by atoms with Gasteiger partial charge in [-0.05, 0) is 47.2 Å². The van der Waals surface area contributed by atoms with E-state index in [1.807, 2.05) is 80.6 Å². The van der Waals surface area contributed by atoms with E-state index in [9.17, 15) is 19.2 Å². The van der Waals surface area contributed by atoms with Gasteiger partial charge in [0.2, 0.25) is 11.8 Å². The number of rotatable bonds is 5. The van der Waals surface area contributed by atoms with Crippen LogP contribution in [0.3, 0.4) is 0 Å². The topological polar surface area (TPSA) is 92.8 Å². The molecule has 3 aromatic rings. The average Bonchev–Trinajstić information content (AvgIpc) is 3.15. The summed E-state index contributed by atoms with van der Waals surface area (Å²) in [6, 6.07) is 21.6. The van der Waals surface area contributed by atoms with E-state index in [4.69, 9.17) is 4.74 Å². The van der Waals surface area contributed by atoms with Crippen molar-refractivity contribution in [1.82, 2.24) is 4.90 Å². The molecule has 0 spiro atoms. The number of likely N-dealkylation sites (tertiary alicyclic amines) is 1. The van der Waals surface area contributed by atoms with Gasteiger partial charge in [0.05, 0.1) is 11.8 Å². The molecule has 1 heterocycles. The molecule has 2 bridgehead atoms. The zero-order chi connectivity index (χ0) is 25.8. The first-order valence-corrected chi connectivity index (χ1v) is 12.4. The first-order chi connectivity index (χ1) is 17.9. The van der Waals surface area contributed by atoms with E-state index in [2.05, 4.69) is 5.32 Å². The summed E-state index contributed by atoms with van der Waals surface area (Å²) >= 11 is 0. The fourth-order valence-electron chi connectivity index (χ4n) is 6.40. The molecule has 3 amide bonds. The molecule has 3 aromatic carbocycles. The Morgan fingerprint density at radius 2 is 1.22 bits per heavy atom. The number of amides is 3. The average molecular weight is 495 g/mol. The van der Waals surface area contributed by atoms with Crippen LogP contribution in [-0.4, -0.2) is 41.7 Å². The molecule has 2 atom stereocenters. The van der Waals surface area contributed by atoms with Crippen LogP contribution in [-0.2, 0) is 23.9 Å². The van der Waals surface area contributed by atoms with Crippen molar-refractivity contribution in [2.24, 2.45) is 11.8 Å². The quantitative estimate of drug-likeness (QED) is 0.432. The number of hydrogen-bond acceptors (Lipinski definition) is 5. The third kappa shape index (κ3) is 3.56. The molecule has 0 aromatic heterocycles. The van der Waals surface area contributed by atoms with Gasteiger partial charge >= 0.3 is 5.97 Å². The second-order valence-electron chi connectivity index (χ2n) is 10.0. The molecule has 1 N–H and O–H groups in total. The van der Waals surface area contributed by atoms with Crippen LogP contribution >= 0.6 is 0 Å². The van der Waals surface area contributed by atoms with Gasteiger partial charge in [-0.15, -0.1) is 0 Å². The Morgan fingerprint density at radius 3 is 1.68 bits per heavy atom. The molecule has 4 aliphatic rings. The van der Waals surface area contributed by atoms with E-state index in [0.717, 1.165) is 38.3 Å². The summed E-state index contributed by atoms with van der Waals surface area (Å²) in [6.07, 6.45) is 0. The van der Waals surface area contributed by atoms with Crippen LogP contribution in [0.2, 0.25) is 0 Å². The number of anilines is 1. The maximum atomic E-state index is 13.6. The number of imide groups is 1. The van der Waals surface area contributed by atoms with Crippen LogP contribution in [0.5, 0.6) is 0 Å². The minimum atomic E-state index is -0.792. The summed E-state index contributed by atoms with van der Waals surface area (Å²) in [5.74, 6) is -3.56. The summed E-state index contributed by atoms with van der Waals surface area (Å²) < 4.78 is 5.16. The van der Waals surface area contributed by atoms with E-state index in [1.54, 1.807) is 0 Å². The van der Waals surface area contributed by atoms with E-state index < -0.39 is 36.9 Å². The molecular formula is C30H26N2O5. The number of nitrogens with one attached hydrogen (secondary N) is 1. The lowest BCUT2D eigenvalue weighted by Gasteiger charge is -2.45. The zero-order valence-corrected chi connectivity index (χ0v) is 20.6. The van der Waals surface area contributed by atoms with Gasteiger partial charge < -0.3 is 10.1 Å². The maximum absolute atomic E-state index is 13.6. The molecule has 1 aliphatic heterocycles. The fourth-order valence-corrected chi connectivity index (χ4v) is 6.40. The Hall–Kier alpha value is -4.26. The lowest BCUT2D eigenvalue weighted by molar-refractivity contribution is -0.154. The molecule has 7 nitrogen and oxygen atoms in total. The predicted octanol–water partition coefficient (Wildman–Crippen LogP) is 3.68. The molecule has 1 fully saturated rings. The molecule has 3 aliphatic carbocycles. The van der Waals surface area contributed by atoms with E-state index in [1.165, 1.54) is 0 Å². The van der Waals surface area contributed by atoms with Gasteiger partial charge in [0, 0.05) is 17.5 Å². The second kappa shape index (κ2) is 8.69. The maximum Gasteiger partial charge on any atom is 0.326 e. The number of esters is 1. The van der Waals surface area contributed by atoms with Gasteiger partial charge in [0.1, 0.15) is 6.54 Å². The second-order valence-corrected chi connectivity index (χ2v) is 10.0. The Kier molecular flexibility index (Phi) is 5.44. The number of nitrogens with zero attached hydrogens (tertiary/aromatic N) is 1. The fraction of sp³-hybridized carbons (Fsp3) is 0.267. The van der Waals surface area contributed by atoms with Gasteiger partial charge in [-0.3, -0.25) is 24.1 Å². The summed E-state index contributed by atoms with van der Waals surface area (Å²) in [5.41, 5.74) is 6.75. The van der Waals surface area contributed by atoms with E-state index in [0.29, 0.717) is 5.69 Å². The molecule has 0 saturated carbocycles. The lowest BCUT2D eigenvalue weighted by atomic mass is 9.55. The van der Waals surface area contributed by atoms with Crippen molar-refractivity contribution in [3.8, 4) is 0 Å². The standard InChI is InChI=1S/C30H26N2O5/c1-16-8-7-9-17(2)28(16)31-22(33)15-37-23(34)14-32-29(35)26-24-18-10-3-4-11-19(18)25(27(26)30(32)36)21-13-6-5-12-20(21)24/h3-13,24-27H,14-15H2,1-2H3,(H,31,33)/t24?,25?,26-,27-/m0/s1. The SMILES string of the molecule is Cc1cccc(C)c1NC(=O)COC(=O)CN1C(=O)[C@H]2C3c4ccccc4C(c4ccccc43)[C@@H]2C1=O. The van der Waals surface area contributed by atoms with Crippen LogP contribution in [0.4, 0.5) is 5.69 Å². The van der Waals surface area contributed by atoms with Crippen molar-refractivity contribution in [2.45, 2.75) is 25.7 Å². The number of aryl methyl sites for hydroxylation is 2. The Morgan fingerprint density at radius 1 is 0.757 bits per heavy atom. The van der Waals surface area contributed by atoms with Crippen LogP contribution < -0.4 is 5.32 Å². The first-order valence-electron chi connectivity index (χ1n) is 12.4. The summed E-state index contributed by atoms with van der Waals surface area (Å²) in [6.45, 7) is 2.75. The molecule has 7 heteroatoms. The summed E-state index contributed by atoms with van der Waals surface area (Å²) in [4.78, 5) is 53.2. The van der Waals surface area contributed by atoms with Crippen molar-refractivity contribution >= 4 is 29.4 Å². The Bertz CT molecular complexity index is 1340. The third-order valence-electron chi connectivity index (χ3n) is 7.94. The predicted molar refractivity (Wildman–Crippen MR) is 136 cm³/mol. The highest BCUT2D eigenvalue weighted by atomic mass is 16.5. The largest absolute Gasteiger partial charge is 0.454 e. The molecule has 37 heavy (non-hydrogen) atoms. The van der Waals surface area contributed by atoms with Crippen molar-refractivity contribution in [2.75, 3.05) is 18.5 Å².